The molecule has 0 saturated carbocycles. The van der Waals surface area contributed by atoms with Crippen LogP contribution in [0.15, 0.2) is 28.8 Å². The van der Waals surface area contributed by atoms with Crippen molar-refractivity contribution in [3.05, 3.63) is 30.2 Å². The summed E-state index contributed by atoms with van der Waals surface area (Å²) >= 11 is 0. The summed E-state index contributed by atoms with van der Waals surface area (Å²) in [6.07, 6.45) is 0.219. The van der Waals surface area contributed by atoms with Crippen molar-refractivity contribution in [2.45, 2.75) is 18.6 Å². The Labute approximate surface area is 103 Å². The first kappa shape index (κ1) is 11.2. The number of aromatic hydroxyl groups is 1. The van der Waals surface area contributed by atoms with E-state index >= 15 is 0 Å². The van der Waals surface area contributed by atoms with Gasteiger partial charge in [-0.1, -0.05) is 5.16 Å². The molecule has 0 unspecified atom stereocenters. The second kappa shape index (κ2) is 4.40. The van der Waals surface area contributed by atoms with E-state index < -0.39 is 0 Å². The van der Waals surface area contributed by atoms with Crippen molar-refractivity contribution in [1.29, 1.82) is 0 Å². The summed E-state index contributed by atoms with van der Waals surface area (Å²) in [5.74, 6) is 1.16. The maximum atomic E-state index is 9.44. The van der Waals surface area contributed by atoms with Gasteiger partial charge in [0.1, 0.15) is 5.75 Å². The summed E-state index contributed by atoms with van der Waals surface area (Å²) in [6, 6.07) is 6.51. The Balaban J connectivity index is 1.83. The molecular weight excluding hydrogens is 234 g/mol. The van der Waals surface area contributed by atoms with Gasteiger partial charge in [-0.05, 0) is 30.7 Å². The quantitative estimate of drug-likeness (QED) is 0.728. The van der Waals surface area contributed by atoms with E-state index in [0.717, 1.165) is 5.56 Å². The van der Waals surface area contributed by atoms with Crippen molar-refractivity contribution < 1.29 is 14.7 Å². The number of phenols is 1. The van der Waals surface area contributed by atoms with E-state index in [-0.39, 0.29) is 17.9 Å². The van der Waals surface area contributed by atoms with Crippen LogP contribution in [0.2, 0.25) is 0 Å². The maximum absolute atomic E-state index is 9.44. The lowest BCUT2D eigenvalue weighted by Crippen LogP contribution is -2.15. The number of aliphatic hydroxyl groups is 1. The smallest absolute Gasteiger partial charge is 0.244 e. The molecule has 0 amide bonds. The van der Waals surface area contributed by atoms with Crippen LogP contribution in [-0.4, -0.2) is 33.0 Å². The van der Waals surface area contributed by atoms with E-state index in [0.29, 0.717) is 24.7 Å². The van der Waals surface area contributed by atoms with Crippen molar-refractivity contribution in [2.75, 3.05) is 6.54 Å². The lowest BCUT2D eigenvalue weighted by Gasteiger charge is -2.01. The van der Waals surface area contributed by atoms with Crippen LogP contribution in [0.25, 0.3) is 11.4 Å². The summed E-state index contributed by atoms with van der Waals surface area (Å²) in [5, 5.41) is 25.7. The zero-order valence-corrected chi connectivity index (χ0v) is 9.58. The number of hydrogen-bond acceptors (Lipinski definition) is 6. The molecule has 0 bridgehead atoms. The molecule has 0 aliphatic carbocycles. The van der Waals surface area contributed by atoms with Gasteiger partial charge in [-0.2, -0.15) is 4.98 Å². The number of rotatable bonds is 2. The van der Waals surface area contributed by atoms with Gasteiger partial charge in [-0.15, -0.1) is 0 Å². The molecule has 0 spiro atoms. The fraction of sp³-hybridized carbons (Fsp3) is 0.333. The number of nitrogens with one attached hydrogen (secondary N) is 1. The van der Waals surface area contributed by atoms with Gasteiger partial charge in [0.25, 0.3) is 0 Å². The van der Waals surface area contributed by atoms with E-state index in [9.17, 15) is 10.2 Å². The fourth-order valence-electron chi connectivity index (χ4n) is 2.01. The largest absolute Gasteiger partial charge is 0.508 e. The summed E-state index contributed by atoms with van der Waals surface area (Å²) < 4.78 is 5.18. The molecule has 2 atom stereocenters. The van der Waals surface area contributed by atoms with Gasteiger partial charge in [0, 0.05) is 12.1 Å². The minimum atomic E-state index is -0.362. The van der Waals surface area contributed by atoms with Gasteiger partial charge in [0.05, 0.1) is 12.1 Å². The third-order valence-electron chi connectivity index (χ3n) is 2.97. The standard InChI is InChI=1S/C12H13N3O3/c16-8-3-1-7(2-4-8)11-14-12(18-15-11)10-5-9(17)6-13-10/h1-4,9-10,13,16-17H,5-6H2/t9-,10+/m0/s1. The Hall–Kier alpha value is -1.92. The molecule has 1 aromatic heterocycles. The van der Waals surface area contributed by atoms with Crippen LogP contribution in [0.1, 0.15) is 18.4 Å². The minimum absolute atomic E-state index is 0.0848. The fourth-order valence-corrected chi connectivity index (χ4v) is 2.01. The lowest BCUT2D eigenvalue weighted by atomic mass is 10.2. The Morgan fingerprint density at radius 1 is 1.28 bits per heavy atom. The number of phenolic OH excluding ortho intramolecular Hbond substituents is 1. The number of nitrogens with zero attached hydrogens (tertiary/aromatic N) is 2. The van der Waals surface area contributed by atoms with Crippen LogP contribution in [0.4, 0.5) is 0 Å². The van der Waals surface area contributed by atoms with Gasteiger partial charge < -0.3 is 20.1 Å². The SMILES string of the molecule is Oc1ccc(-c2noc([C@H]3C[C@H](O)CN3)n2)cc1. The van der Waals surface area contributed by atoms with Crippen molar-refractivity contribution in [1.82, 2.24) is 15.5 Å². The number of hydrogen-bond donors (Lipinski definition) is 3. The zero-order valence-electron chi connectivity index (χ0n) is 9.58. The first-order valence-corrected chi connectivity index (χ1v) is 5.77. The van der Waals surface area contributed by atoms with Crippen LogP contribution in [0.5, 0.6) is 5.75 Å². The summed E-state index contributed by atoms with van der Waals surface area (Å²) in [7, 11) is 0. The molecule has 6 nitrogen and oxygen atoms in total. The highest BCUT2D eigenvalue weighted by atomic mass is 16.5. The maximum Gasteiger partial charge on any atom is 0.244 e. The number of benzene rings is 1. The molecule has 2 heterocycles. The van der Waals surface area contributed by atoms with Crippen LogP contribution in [-0.2, 0) is 0 Å². The molecule has 3 rings (SSSR count). The Bertz CT molecular complexity index is 538. The van der Waals surface area contributed by atoms with Crippen molar-refractivity contribution in [2.24, 2.45) is 0 Å². The van der Waals surface area contributed by atoms with E-state index in [4.69, 9.17) is 4.52 Å². The van der Waals surface area contributed by atoms with Crippen LogP contribution in [0.3, 0.4) is 0 Å². The van der Waals surface area contributed by atoms with E-state index in [2.05, 4.69) is 15.5 Å². The molecule has 94 valence electrons. The van der Waals surface area contributed by atoms with Gasteiger partial charge >= 0.3 is 0 Å². The van der Waals surface area contributed by atoms with Crippen molar-refractivity contribution in [3.63, 3.8) is 0 Å². The van der Waals surface area contributed by atoms with Crippen molar-refractivity contribution in [3.8, 4) is 17.1 Å². The summed E-state index contributed by atoms with van der Waals surface area (Å²) in [6.45, 7) is 0.543. The van der Waals surface area contributed by atoms with E-state index in [1.54, 1.807) is 24.3 Å². The second-order valence-electron chi connectivity index (χ2n) is 4.35. The molecule has 1 fully saturated rings. The number of aromatic nitrogens is 2. The number of β-amino-alcohol motifs (C(OH)–C–C–N with tert-alkyl or cyclic N) is 1. The molecule has 2 aromatic rings. The zero-order chi connectivity index (χ0) is 12.5. The monoisotopic (exact) mass is 247 g/mol. The summed E-state index contributed by atoms with van der Waals surface area (Å²) in [5.41, 5.74) is 0.779. The van der Waals surface area contributed by atoms with Crippen LogP contribution < -0.4 is 5.32 Å². The molecule has 1 aliphatic heterocycles. The molecule has 1 aliphatic rings. The first-order valence-electron chi connectivity index (χ1n) is 5.77. The molecule has 1 aromatic carbocycles. The highest BCUT2D eigenvalue weighted by Gasteiger charge is 2.28. The average molecular weight is 247 g/mol. The van der Waals surface area contributed by atoms with Crippen LogP contribution >= 0.6 is 0 Å². The normalized spacial score (nSPS) is 23.4. The molecular formula is C12H13N3O3. The predicted octanol–water partition coefficient (Wildman–Crippen LogP) is 0.837. The highest BCUT2D eigenvalue weighted by Crippen LogP contribution is 2.25. The lowest BCUT2D eigenvalue weighted by molar-refractivity contribution is 0.191. The van der Waals surface area contributed by atoms with E-state index in [1.807, 2.05) is 0 Å². The Kier molecular flexibility index (Phi) is 2.73. The van der Waals surface area contributed by atoms with Gasteiger partial charge in [-0.25, -0.2) is 0 Å². The molecule has 18 heavy (non-hydrogen) atoms. The second-order valence-corrected chi connectivity index (χ2v) is 4.35. The summed E-state index contributed by atoms with van der Waals surface area (Å²) in [4.78, 5) is 4.29. The third kappa shape index (κ3) is 2.07. The average Bonchev–Trinajstić information content (AvgIpc) is 2.98. The third-order valence-corrected chi connectivity index (χ3v) is 2.97. The Morgan fingerprint density at radius 2 is 2.06 bits per heavy atom. The first-order chi connectivity index (χ1) is 8.72. The van der Waals surface area contributed by atoms with E-state index in [1.165, 1.54) is 0 Å². The molecule has 0 radical (unpaired) electrons. The number of aliphatic hydroxyl groups excluding tert-OH is 1. The minimum Gasteiger partial charge on any atom is -0.508 e. The highest BCUT2D eigenvalue weighted by molar-refractivity contribution is 5.55. The molecule has 6 heteroatoms. The van der Waals surface area contributed by atoms with Crippen LogP contribution in [0, 0.1) is 0 Å². The molecule has 3 N–H and O–H groups in total. The predicted molar refractivity (Wildman–Crippen MR) is 62.8 cm³/mol. The molecule has 1 saturated heterocycles. The van der Waals surface area contributed by atoms with Gasteiger partial charge in [0.15, 0.2) is 0 Å². The Morgan fingerprint density at radius 3 is 2.72 bits per heavy atom. The van der Waals surface area contributed by atoms with Crippen molar-refractivity contribution >= 4 is 0 Å². The van der Waals surface area contributed by atoms with Gasteiger partial charge in [0.2, 0.25) is 11.7 Å². The topological polar surface area (TPSA) is 91.4 Å². The van der Waals surface area contributed by atoms with Gasteiger partial charge in [-0.3, -0.25) is 0 Å².